The molecule has 0 radical (unpaired) electrons. The first-order valence-corrected chi connectivity index (χ1v) is 4.70. The van der Waals surface area contributed by atoms with Gasteiger partial charge in [0.1, 0.15) is 0 Å². The van der Waals surface area contributed by atoms with E-state index in [2.05, 4.69) is 27.7 Å². The lowest BCUT2D eigenvalue weighted by molar-refractivity contribution is -0.870. The number of carbonyl (C=O) groups excluding carboxylic acids is 1. The molecule has 0 unspecified atom stereocenters. The van der Waals surface area contributed by atoms with Gasteiger partial charge in [-0.15, -0.1) is 0 Å². The molecular weight excluding hydrogens is 180 g/mol. The molecule has 14 heavy (non-hydrogen) atoms. The Balaban J connectivity index is 3.55. The minimum atomic E-state index is -0.213. The van der Waals surface area contributed by atoms with Gasteiger partial charge in [0.2, 0.25) is 0 Å². The third-order valence-electron chi connectivity index (χ3n) is 1.74. The van der Waals surface area contributed by atoms with E-state index in [1.54, 1.807) is 7.05 Å². The van der Waals surface area contributed by atoms with Crippen molar-refractivity contribution in [2.45, 2.75) is 6.42 Å². The summed E-state index contributed by atoms with van der Waals surface area (Å²) in [5, 5.41) is 1.21. The molecular formula is C10H21N2O2+. The number of nitrogens with zero attached hydrogens (tertiary/aromatic N) is 2. The van der Waals surface area contributed by atoms with Crippen LogP contribution >= 0.6 is 0 Å². The molecule has 0 heterocycles. The van der Waals surface area contributed by atoms with Crippen LogP contribution in [0.4, 0.5) is 0 Å². The maximum absolute atomic E-state index is 11.0. The standard InChI is InChI=1S/C10H21N2O2/c1-6-10(13)11(2)14-9-7-8-12(3,4)5/h6H,1,7-9H2,2-5H3/q+1. The fraction of sp³-hybridized carbons (Fsp3) is 0.700. The summed E-state index contributed by atoms with van der Waals surface area (Å²) in [5.41, 5.74) is 0. The van der Waals surface area contributed by atoms with Gasteiger partial charge in [-0.3, -0.25) is 9.63 Å². The lowest BCUT2D eigenvalue weighted by Crippen LogP contribution is -2.36. The quantitative estimate of drug-likeness (QED) is 0.273. The van der Waals surface area contributed by atoms with Gasteiger partial charge in [0.15, 0.2) is 0 Å². The number of carbonyl (C=O) groups is 1. The first kappa shape index (κ1) is 13.1. The van der Waals surface area contributed by atoms with E-state index >= 15 is 0 Å². The third kappa shape index (κ3) is 6.62. The highest BCUT2D eigenvalue weighted by molar-refractivity contribution is 5.85. The van der Waals surface area contributed by atoms with Crippen LogP contribution in [-0.4, -0.2) is 56.8 Å². The molecule has 0 N–H and O–H groups in total. The maximum atomic E-state index is 11.0. The normalized spacial score (nSPS) is 11.1. The first-order chi connectivity index (χ1) is 6.37. The average molecular weight is 201 g/mol. The van der Waals surface area contributed by atoms with Crippen LogP contribution in [0.5, 0.6) is 0 Å². The van der Waals surface area contributed by atoms with Gasteiger partial charge >= 0.3 is 0 Å². The highest BCUT2D eigenvalue weighted by Gasteiger charge is 2.08. The summed E-state index contributed by atoms with van der Waals surface area (Å²) < 4.78 is 0.905. The first-order valence-electron chi connectivity index (χ1n) is 4.70. The SMILES string of the molecule is C=CC(=O)N(C)OCCC[N+](C)(C)C. The summed E-state index contributed by atoms with van der Waals surface area (Å²) in [6.45, 7) is 4.96. The molecule has 0 aliphatic heterocycles. The van der Waals surface area contributed by atoms with Crippen molar-refractivity contribution in [1.29, 1.82) is 0 Å². The number of amides is 1. The summed E-state index contributed by atoms with van der Waals surface area (Å²) in [6, 6.07) is 0. The number of likely N-dealkylation sites (N-methyl/N-ethyl adjacent to an activating group) is 1. The van der Waals surface area contributed by atoms with E-state index in [4.69, 9.17) is 4.84 Å². The zero-order valence-corrected chi connectivity index (χ0v) is 9.62. The minimum absolute atomic E-state index is 0.213. The van der Waals surface area contributed by atoms with Crippen LogP contribution < -0.4 is 0 Å². The van der Waals surface area contributed by atoms with Crippen LogP contribution in [0, 0.1) is 0 Å². The number of rotatable bonds is 6. The van der Waals surface area contributed by atoms with E-state index in [-0.39, 0.29) is 5.91 Å². The lowest BCUT2D eigenvalue weighted by Gasteiger charge is -2.24. The Labute approximate surface area is 86.3 Å². The second kappa shape index (κ2) is 5.78. The van der Waals surface area contributed by atoms with Gasteiger partial charge in [0.25, 0.3) is 5.91 Å². The molecule has 0 spiro atoms. The lowest BCUT2D eigenvalue weighted by atomic mass is 10.4. The molecule has 1 amide bonds. The second-order valence-electron chi connectivity index (χ2n) is 4.24. The molecule has 0 saturated heterocycles. The highest BCUT2D eigenvalue weighted by atomic mass is 16.7. The molecule has 0 saturated carbocycles. The predicted molar refractivity (Wildman–Crippen MR) is 56.4 cm³/mol. The molecule has 0 fully saturated rings. The summed E-state index contributed by atoms with van der Waals surface area (Å²) in [7, 11) is 7.96. The van der Waals surface area contributed by atoms with Crippen molar-refractivity contribution in [3.05, 3.63) is 12.7 Å². The van der Waals surface area contributed by atoms with E-state index in [0.29, 0.717) is 6.61 Å². The molecule has 0 aliphatic carbocycles. The Hall–Kier alpha value is -0.870. The van der Waals surface area contributed by atoms with Gasteiger partial charge in [0.05, 0.1) is 34.3 Å². The molecule has 82 valence electrons. The van der Waals surface area contributed by atoms with Crippen LogP contribution in [0.25, 0.3) is 0 Å². The van der Waals surface area contributed by atoms with Crippen LogP contribution in [0.15, 0.2) is 12.7 Å². The average Bonchev–Trinajstić information content (AvgIpc) is 2.09. The molecule has 4 heteroatoms. The van der Waals surface area contributed by atoms with Crippen molar-refractivity contribution >= 4 is 5.91 Å². The van der Waals surface area contributed by atoms with Gasteiger partial charge in [-0.2, -0.15) is 0 Å². The number of quaternary nitrogens is 1. The smallest absolute Gasteiger partial charge is 0.269 e. The monoisotopic (exact) mass is 201 g/mol. The van der Waals surface area contributed by atoms with Crippen molar-refractivity contribution in [3.63, 3.8) is 0 Å². The summed E-state index contributed by atoms with van der Waals surface area (Å²) >= 11 is 0. The Bertz CT molecular complexity index is 197. The van der Waals surface area contributed by atoms with E-state index < -0.39 is 0 Å². The zero-order chi connectivity index (χ0) is 11.2. The van der Waals surface area contributed by atoms with Crippen LogP contribution in [-0.2, 0) is 9.63 Å². The Morgan fingerprint density at radius 2 is 2.07 bits per heavy atom. The van der Waals surface area contributed by atoms with Gasteiger partial charge in [-0.05, 0) is 6.08 Å². The van der Waals surface area contributed by atoms with Gasteiger partial charge in [0, 0.05) is 13.5 Å². The summed E-state index contributed by atoms with van der Waals surface area (Å²) in [5.74, 6) is -0.213. The van der Waals surface area contributed by atoms with E-state index in [0.717, 1.165) is 17.4 Å². The number of hydrogen-bond acceptors (Lipinski definition) is 2. The molecule has 0 atom stereocenters. The summed E-state index contributed by atoms with van der Waals surface area (Å²) in [6.07, 6.45) is 2.16. The van der Waals surface area contributed by atoms with Crippen LogP contribution in [0.3, 0.4) is 0 Å². The Kier molecular flexibility index (Phi) is 5.42. The maximum Gasteiger partial charge on any atom is 0.269 e. The molecule has 0 bridgehead atoms. The minimum Gasteiger partial charge on any atom is -0.331 e. The zero-order valence-electron chi connectivity index (χ0n) is 9.62. The van der Waals surface area contributed by atoms with Crippen molar-refractivity contribution in [1.82, 2.24) is 5.06 Å². The van der Waals surface area contributed by atoms with Crippen molar-refractivity contribution in [3.8, 4) is 0 Å². The Morgan fingerprint density at radius 3 is 2.50 bits per heavy atom. The molecule has 0 aromatic carbocycles. The number of hydroxylamine groups is 2. The topological polar surface area (TPSA) is 29.5 Å². The fourth-order valence-corrected chi connectivity index (χ4v) is 0.933. The van der Waals surface area contributed by atoms with Crippen molar-refractivity contribution in [2.24, 2.45) is 0 Å². The Morgan fingerprint density at radius 1 is 1.50 bits per heavy atom. The van der Waals surface area contributed by atoms with E-state index in [1.807, 2.05) is 0 Å². The van der Waals surface area contributed by atoms with Crippen molar-refractivity contribution < 1.29 is 14.1 Å². The van der Waals surface area contributed by atoms with Crippen molar-refractivity contribution in [2.75, 3.05) is 41.3 Å². The molecule has 0 aromatic rings. The van der Waals surface area contributed by atoms with Gasteiger partial charge < -0.3 is 4.48 Å². The summed E-state index contributed by atoms with van der Waals surface area (Å²) in [4.78, 5) is 16.2. The highest BCUT2D eigenvalue weighted by Crippen LogP contribution is 1.95. The largest absolute Gasteiger partial charge is 0.331 e. The van der Waals surface area contributed by atoms with E-state index in [1.165, 1.54) is 11.1 Å². The molecule has 0 aliphatic rings. The van der Waals surface area contributed by atoms with Gasteiger partial charge in [-0.1, -0.05) is 6.58 Å². The van der Waals surface area contributed by atoms with Crippen LogP contribution in [0.2, 0.25) is 0 Å². The molecule has 0 aromatic heterocycles. The van der Waals surface area contributed by atoms with Gasteiger partial charge in [-0.25, -0.2) is 5.06 Å². The predicted octanol–water partition coefficient (Wildman–Crippen LogP) is 0.659. The molecule has 4 nitrogen and oxygen atoms in total. The molecule has 0 rings (SSSR count). The fourth-order valence-electron chi connectivity index (χ4n) is 0.933. The number of hydrogen-bond donors (Lipinski definition) is 0. The van der Waals surface area contributed by atoms with Crippen LogP contribution in [0.1, 0.15) is 6.42 Å². The van der Waals surface area contributed by atoms with E-state index in [9.17, 15) is 4.79 Å². The second-order valence-corrected chi connectivity index (χ2v) is 4.24. The third-order valence-corrected chi connectivity index (χ3v) is 1.74.